The van der Waals surface area contributed by atoms with Gasteiger partial charge in [-0.3, -0.25) is 15.0 Å². The summed E-state index contributed by atoms with van der Waals surface area (Å²) in [5, 5.41) is 13.6. The largest absolute Gasteiger partial charge is 0.495 e. The number of pyridine rings is 1. The van der Waals surface area contributed by atoms with E-state index in [-0.39, 0.29) is 11.3 Å². The number of carbonyl (C=O) groups is 2. The smallest absolute Gasteiger partial charge is 0.259 e. The Balaban J connectivity index is 1.90. The lowest BCUT2D eigenvalue weighted by atomic mass is 10.1. The van der Waals surface area contributed by atoms with Gasteiger partial charge in [-0.05, 0) is 64.8 Å². The molecule has 0 saturated carbocycles. The molecule has 3 aromatic rings. The lowest BCUT2D eigenvalue weighted by Gasteiger charge is -2.17. The number of ether oxygens (including phenoxy) is 1. The number of hydrogen-bond donors (Lipinski definition) is 3. The summed E-state index contributed by atoms with van der Waals surface area (Å²) < 4.78 is 6.24. The predicted molar refractivity (Wildman–Crippen MR) is 133 cm³/mol. The number of aromatic nitrogens is 1. The number of anilines is 2. The quantitative estimate of drug-likeness (QED) is 0.333. The van der Waals surface area contributed by atoms with Crippen molar-refractivity contribution in [3.63, 3.8) is 0 Å². The van der Waals surface area contributed by atoms with Crippen molar-refractivity contribution in [2.45, 2.75) is 6.92 Å². The van der Waals surface area contributed by atoms with E-state index in [0.29, 0.717) is 28.5 Å². The minimum absolute atomic E-state index is 0.246. The van der Waals surface area contributed by atoms with Crippen molar-refractivity contribution >= 4 is 45.1 Å². The minimum atomic E-state index is -0.433. The first kappa shape index (κ1) is 23.9. The molecule has 0 aliphatic rings. The molecule has 0 bridgehead atoms. The number of carbonyl (C=O) groups excluding carboxylic acids is 2. The van der Waals surface area contributed by atoms with E-state index in [1.165, 1.54) is 7.11 Å². The molecule has 0 aliphatic carbocycles. The van der Waals surface area contributed by atoms with Crippen molar-refractivity contribution in [1.82, 2.24) is 9.88 Å². The molecular formula is C24H24BrN5O3. The van der Waals surface area contributed by atoms with Crippen LogP contribution in [-0.4, -0.2) is 48.7 Å². The maximum atomic E-state index is 13.0. The van der Waals surface area contributed by atoms with Gasteiger partial charge in [-0.15, -0.1) is 0 Å². The lowest BCUT2D eigenvalue weighted by molar-refractivity contribution is 0.102. The number of hydrogen-bond acceptors (Lipinski definition) is 5. The van der Waals surface area contributed by atoms with E-state index < -0.39 is 11.8 Å². The molecule has 2 amide bonds. The second kappa shape index (κ2) is 10.3. The molecule has 9 heteroatoms. The van der Waals surface area contributed by atoms with Gasteiger partial charge in [-0.25, -0.2) is 4.98 Å². The molecule has 0 radical (unpaired) electrons. The summed E-state index contributed by atoms with van der Waals surface area (Å²) in [7, 11) is 5.04. The Hall–Kier alpha value is -3.72. The van der Waals surface area contributed by atoms with Crippen LogP contribution in [0.15, 0.2) is 59.2 Å². The normalized spacial score (nSPS) is 10.3. The van der Waals surface area contributed by atoms with Crippen molar-refractivity contribution < 1.29 is 14.3 Å². The zero-order chi connectivity index (χ0) is 24.1. The Kier molecular flexibility index (Phi) is 7.44. The molecular weight excluding hydrogens is 486 g/mol. The van der Waals surface area contributed by atoms with Gasteiger partial charge in [0, 0.05) is 35.9 Å². The van der Waals surface area contributed by atoms with Crippen molar-refractivity contribution in [1.29, 1.82) is 5.41 Å². The number of halogens is 1. The van der Waals surface area contributed by atoms with Gasteiger partial charge in [0.1, 0.15) is 17.4 Å². The monoisotopic (exact) mass is 509 g/mol. The van der Waals surface area contributed by atoms with Crippen LogP contribution in [0.3, 0.4) is 0 Å². The molecule has 3 N–H and O–H groups in total. The highest BCUT2D eigenvalue weighted by atomic mass is 79.9. The maximum Gasteiger partial charge on any atom is 0.259 e. The van der Waals surface area contributed by atoms with Gasteiger partial charge >= 0.3 is 0 Å². The van der Waals surface area contributed by atoms with Crippen LogP contribution in [0.5, 0.6) is 5.75 Å². The van der Waals surface area contributed by atoms with Gasteiger partial charge in [0.15, 0.2) is 0 Å². The molecule has 0 unspecified atom stereocenters. The molecule has 0 spiro atoms. The molecule has 2 aromatic carbocycles. The molecule has 0 saturated heterocycles. The van der Waals surface area contributed by atoms with E-state index in [1.54, 1.807) is 73.7 Å². The van der Waals surface area contributed by atoms with E-state index in [2.05, 4.69) is 31.5 Å². The topological polar surface area (TPSA) is 107 Å². The summed E-state index contributed by atoms with van der Waals surface area (Å²) in [6, 6.07) is 13.5. The Bertz CT molecular complexity index is 1190. The minimum Gasteiger partial charge on any atom is -0.495 e. The lowest BCUT2D eigenvalue weighted by Crippen LogP contribution is -2.22. The highest BCUT2D eigenvalue weighted by Gasteiger charge is 2.20. The molecule has 0 atom stereocenters. The molecule has 33 heavy (non-hydrogen) atoms. The molecule has 1 heterocycles. The van der Waals surface area contributed by atoms with Crippen molar-refractivity contribution in [3.8, 4) is 5.75 Å². The third-order valence-corrected chi connectivity index (χ3v) is 5.26. The third-order valence-electron chi connectivity index (χ3n) is 4.79. The first-order valence-electron chi connectivity index (χ1n) is 9.98. The van der Waals surface area contributed by atoms with Crippen LogP contribution in [-0.2, 0) is 0 Å². The van der Waals surface area contributed by atoms with Gasteiger partial charge in [0.2, 0.25) is 0 Å². The number of rotatable bonds is 6. The van der Waals surface area contributed by atoms with E-state index in [1.807, 2.05) is 6.92 Å². The van der Waals surface area contributed by atoms with Crippen LogP contribution in [0.1, 0.15) is 31.8 Å². The molecule has 0 aliphatic heterocycles. The molecule has 170 valence electrons. The summed E-state index contributed by atoms with van der Waals surface area (Å²) >= 11 is 3.31. The zero-order valence-corrected chi connectivity index (χ0v) is 20.3. The van der Waals surface area contributed by atoms with Gasteiger partial charge in [-0.1, -0.05) is 12.1 Å². The van der Waals surface area contributed by atoms with Crippen molar-refractivity contribution in [3.05, 3.63) is 81.5 Å². The zero-order valence-electron chi connectivity index (χ0n) is 18.7. The van der Waals surface area contributed by atoms with Gasteiger partial charge in [0.25, 0.3) is 11.8 Å². The fraction of sp³-hybridized carbons (Fsp3) is 0.167. The standard InChI is InChI=1S/C24H24BrN5O3/c1-14-11-18(24(32)28-20-10-9-17(25)13-27-20)21(19(12-14)33-4)29-23(31)16-7-5-15(6-8-16)22(26)30(2)3/h5-13,26H,1-4H3,(H,29,31)(H,27,28,32). The Morgan fingerprint density at radius 2 is 1.67 bits per heavy atom. The van der Waals surface area contributed by atoms with E-state index in [9.17, 15) is 9.59 Å². The van der Waals surface area contributed by atoms with Crippen LogP contribution in [0.2, 0.25) is 0 Å². The average molecular weight is 510 g/mol. The number of nitrogens with one attached hydrogen (secondary N) is 3. The first-order valence-corrected chi connectivity index (χ1v) is 10.8. The van der Waals surface area contributed by atoms with E-state index in [0.717, 1.165) is 10.0 Å². The Morgan fingerprint density at radius 3 is 2.24 bits per heavy atom. The highest BCUT2D eigenvalue weighted by molar-refractivity contribution is 9.10. The van der Waals surface area contributed by atoms with Crippen LogP contribution >= 0.6 is 15.9 Å². The fourth-order valence-electron chi connectivity index (χ4n) is 3.08. The summed E-state index contributed by atoms with van der Waals surface area (Å²) in [6.07, 6.45) is 1.58. The molecule has 0 fully saturated rings. The SMILES string of the molecule is COc1cc(C)cc(C(=O)Nc2ccc(Br)cn2)c1NC(=O)c1ccc(C(=N)N(C)C)cc1. The van der Waals surface area contributed by atoms with Gasteiger partial charge in [-0.2, -0.15) is 0 Å². The van der Waals surface area contributed by atoms with E-state index in [4.69, 9.17) is 10.1 Å². The third kappa shape index (κ3) is 5.75. The first-order chi connectivity index (χ1) is 15.7. The Morgan fingerprint density at radius 1 is 1.00 bits per heavy atom. The fourth-order valence-corrected chi connectivity index (χ4v) is 3.31. The number of amidine groups is 1. The van der Waals surface area contributed by atoms with Gasteiger partial charge in [0.05, 0.1) is 18.4 Å². The molecule has 3 rings (SSSR count). The highest BCUT2D eigenvalue weighted by Crippen LogP contribution is 2.31. The summed E-state index contributed by atoms with van der Waals surface area (Å²) in [4.78, 5) is 31.9. The van der Waals surface area contributed by atoms with Crippen molar-refractivity contribution in [2.24, 2.45) is 0 Å². The van der Waals surface area contributed by atoms with Crippen LogP contribution in [0.25, 0.3) is 0 Å². The number of aryl methyl sites for hydroxylation is 1. The average Bonchev–Trinajstić information content (AvgIpc) is 2.80. The van der Waals surface area contributed by atoms with Crippen LogP contribution in [0, 0.1) is 12.3 Å². The van der Waals surface area contributed by atoms with Gasteiger partial charge < -0.3 is 20.3 Å². The van der Waals surface area contributed by atoms with Crippen LogP contribution < -0.4 is 15.4 Å². The Labute approximate surface area is 200 Å². The van der Waals surface area contributed by atoms with Crippen molar-refractivity contribution in [2.75, 3.05) is 31.8 Å². The second-order valence-electron chi connectivity index (χ2n) is 7.48. The maximum absolute atomic E-state index is 13.0. The number of nitrogens with zero attached hydrogens (tertiary/aromatic N) is 2. The molecule has 1 aromatic heterocycles. The predicted octanol–water partition coefficient (Wildman–Crippen LogP) is 4.55. The van der Waals surface area contributed by atoms with Crippen LogP contribution in [0.4, 0.5) is 11.5 Å². The van der Waals surface area contributed by atoms with E-state index >= 15 is 0 Å². The summed E-state index contributed by atoms with van der Waals surface area (Å²) in [5.41, 5.74) is 2.37. The number of methoxy groups -OCH3 is 1. The second-order valence-corrected chi connectivity index (χ2v) is 8.40. The summed E-state index contributed by atoms with van der Waals surface area (Å²) in [6.45, 7) is 1.83. The summed E-state index contributed by atoms with van der Waals surface area (Å²) in [5.74, 6) is 0.235. The molecule has 8 nitrogen and oxygen atoms in total. The number of benzene rings is 2. The number of amides is 2.